The van der Waals surface area contributed by atoms with Gasteiger partial charge in [-0.15, -0.1) is 0 Å². The van der Waals surface area contributed by atoms with E-state index in [1.54, 1.807) is 4.90 Å². The molecule has 4 heterocycles. The van der Waals surface area contributed by atoms with Gasteiger partial charge in [0.25, 0.3) is 5.91 Å². The fourth-order valence-corrected chi connectivity index (χ4v) is 10.0. The first-order chi connectivity index (χ1) is 29.6. The van der Waals surface area contributed by atoms with Crippen molar-refractivity contribution in [2.24, 2.45) is 0 Å². The lowest BCUT2D eigenvalue weighted by atomic mass is 9.94. The van der Waals surface area contributed by atoms with Crippen molar-refractivity contribution in [1.82, 2.24) is 14.9 Å². The first-order valence-corrected chi connectivity index (χ1v) is 26.1. The van der Waals surface area contributed by atoms with E-state index in [-0.39, 0.29) is 18.3 Å². The molecule has 1 fully saturated rings. The van der Waals surface area contributed by atoms with Crippen molar-refractivity contribution in [3.63, 3.8) is 0 Å². The molecule has 11 nitrogen and oxygen atoms in total. The zero-order valence-electron chi connectivity index (χ0n) is 35.2. The van der Waals surface area contributed by atoms with E-state index < -0.39 is 14.0 Å². The number of carbonyl (C=O) groups excluding carboxylic acids is 2. The molecule has 2 aromatic heterocycles. The summed E-state index contributed by atoms with van der Waals surface area (Å²) in [6.07, 6.45) is 1.67. The zero-order chi connectivity index (χ0) is 42.3. The van der Waals surface area contributed by atoms with Crippen LogP contribution in [0.2, 0.25) is 25.7 Å². The Kier molecular flexibility index (Phi) is 13.4. The van der Waals surface area contributed by atoms with Crippen molar-refractivity contribution in [3.05, 3.63) is 112 Å². The average molecular weight is 874 g/mol. The number of hydrogen-bond donors (Lipinski definition) is 0. The lowest BCUT2D eigenvalue weighted by Gasteiger charge is -2.31. The summed E-state index contributed by atoms with van der Waals surface area (Å²) in [5.74, 6) is 6.64. The van der Waals surface area contributed by atoms with Crippen LogP contribution in [0, 0.1) is 11.8 Å². The van der Waals surface area contributed by atoms with E-state index in [0.717, 1.165) is 88.7 Å². The van der Waals surface area contributed by atoms with Crippen LogP contribution in [0.15, 0.2) is 78.9 Å². The fourth-order valence-electron chi connectivity index (χ4n) is 7.39. The maximum atomic E-state index is 14.6. The number of thiazole rings is 2. The molecule has 0 aliphatic carbocycles. The molecule has 2 aliphatic heterocycles. The number of nitrogens with zero attached hydrogens (tertiary/aromatic N) is 5. The second kappa shape index (κ2) is 19.3. The van der Waals surface area contributed by atoms with Gasteiger partial charge in [0, 0.05) is 58.5 Å². The minimum absolute atomic E-state index is 0.107. The number of amides is 1. The third-order valence-electron chi connectivity index (χ3n) is 10.9. The molecule has 0 N–H and O–H groups in total. The zero-order valence-corrected chi connectivity index (χ0v) is 37.8. The van der Waals surface area contributed by atoms with Crippen LogP contribution in [0.5, 0.6) is 5.75 Å². The Bertz CT molecular complexity index is 2550. The van der Waals surface area contributed by atoms with Crippen molar-refractivity contribution in [2.75, 3.05) is 76.2 Å². The van der Waals surface area contributed by atoms with Gasteiger partial charge in [0.1, 0.15) is 17.4 Å². The maximum Gasteiger partial charge on any atom is 0.358 e. The number of benzene rings is 4. The Morgan fingerprint density at radius 2 is 1.72 bits per heavy atom. The van der Waals surface area contributed by atoms with Gasteiger partial charge in [0.15, 0.2) is 16.0 Å². The van der Waals surface area contributed by atoms with E-state index in [2.05, 4.69) is 59.5 Å². The van der Waals surface area contributed by atoms with Gasteiger partial charge < -0.3 is 23.8 Å². The predicted octanol–water partition coefficient (Wildman–Crippen LogP) is 8.72. The van der Waals surface area contributed by atoms with Gasteiger partial charge in [-0.1, -0.05) is 84.6 Å². The molecule has 2 aliphatic rings. The number of esters is 1. The number of carbonyl (C=O) groups is 2. The minimum atomic E-state index is -1.34. The average Bonchev–Trinajstić information content (AvgIpc) is 3.91. The Hall–Kier alpha value is -5.14. The van der Waals surface area contributed by atoms with Crippen LogP contribution < -0.4 is 14.5 Å². The summed E-state index contributed by atoms with van der Waals surface area (Å²) >= 11 is 2.84. The van der Waals surface area contributed by atoms with Gasteiger partial charge in [0.05, 0.1) is 37.1 Å². The number of fused-ring (bicyclic) bond motifs is 3. The van der Waals surface area contributed by atoms with Crippen LogP contribution in [0.1, 0.15) is 48.8 Å². The molecule has 1 saturated heterocycles. The van der Waals surface area contributed by atoms with E-state index in [1.165, 1.54) is 29.8 Å². The SMILES string of the molecule is COC(=O)c1nc(N2CCc3cccc(C(=O)N(COCC[Si](C)(C)C)c4nc5ccccc5s4)c3C2)sc1C#Cc1ccc2cc(OCCCN3CCOCC3)ccc2c1. The van der Waals surface area contributed by atoms with E-state index in [4.69, 9.17) is 28.9 Å². The first kappa shape index (κ1) is 42.5. The highest BCUT2D eigenvalue weighted by atomic mass is 32.1. The van der Waals surface area contributed by atoms with Gasteiger partial charge >= 0.3 is 5.97 Å². The van der Waals surface area contributed by atoms with Crippen LogP contribution in [-0.4, -0.2) is 101 Å². The summed E-state index contributed by atoms with van der Waals surface area (Å²) < 4.78 is 23.9. The molecule has 0 saturated carbocycles. The van der Waals surface area contributed by atoms with Crippen molar-refractivity contribution < 1.29 is 28.5 Å². The number of aromatic nitrogens is 2. The lowest BCUT2D eigenvalue weighted by Crippen LogP contribution is -2.37. The first-order valence-electron chi connectivity index (χ1n) is 20.8. The monoisotopic (exact) mass is 873 g/mol. The van der Waals surface area contributed by atoms with Crippen molar-refractivity contribution >= 4 is 73.9 Å². The quantitative estimate of drug-likeness (QED) is 0.0347. The van der Waals surface area contributed by atoms with E-state index in [1.807, 2.05) is 60.7 Å². The Morgan fingerprint density at radius 1 is 0.902 bits per heavy atom. The van der Waals surface area contributed by atoms with E-state index >= 15 is 0 Å². The van der Waals surface area contributed by atoms with Crippen molar-refractivity contribution in [1.29, 1.82) is 0 Å². The molecule has 61 heavy (non-hydrogen) atoms. The van der Waals surface area contributed by atoms with E-state index in [9.17, 15) is 9.59 Å². The second-order valence-corrected chi connectivity index (χ2v) is 24.1. The molecule has 316 valence electrons. The third-order valence-corrected chi connectivity index (χ3v) is 14.7. The molecule has 14 heteroatoms. The number of ether oxygens (including phenoxy) is 4. The van der Waals surface area contributed by atoms with Crippen LogP contribution in [0.3, 0.4) is 0 Å². The number of para-hydroxylation sites is 1. The van der Waals surface area contributed by atoms with Crippen LogP contribution in [0.25, 0.3) is 21.0 Å². The highest BCUT2D eigenvalue weighted by Crippen LogP contribution is 2.35. The molecular weight excluding hydrogens is 823 g/mol. The molecular formula is C47H51N5O6S2Si. The highest BCUT2D eigenvalue weighted by Gasteiger charge is 2.30. The number of hydrogen-bond acceptors (Lipinski definition) is 12. The van der Waals surface area contributed by atoms with Crippen LogP contribution in [0.4, 0.5) is 10.3 Å². The van der Waals surface area contributed by atoms with Gasteiger partial charge in [-0.3, -0.25) is 14.6 Å². The van der Waals surface area contributed by atoms with Crippen LogP contribution >= 0.6 is 22.7 Å². The summed E-state index contributed by atoms with van der Waals surface area (Å²) in [7, 11) is 0.0151. The summed E-state index contributed by atoms with van der Waals surface area (Å²) in [6, 6.07) is 27.0. The standard InChI is InChI=1S/C47H51N5O6S2Si/c1-55-45(54)43-42(18-14-33-13-15-36-30-37(17-16-35(36)29-33)58-24-8-20-50-22-25-56-26-23-50)60-46(49-43)51-21-19-34-9-7-10-38(39(34)31-51)44(53)52(32-57-27-28-61(2,3)4)47-48-40-11-5-6-12-41(40)59-47/h5-7,9-13,15-17,29-30H,8,19-28,31-32H2,1-4H3. The minimum Gasteiger partial charge on any atom is -0.494 e. The summed E-state index contributed by atoms with van der Waals surface area (Å²) in [5, 5.41) is 3.35. The summed E-state index contributed by atoms with van der Waals surface area (Å²) in [5.41, 5.74) is 4.47. The molecule has 1 amide bonds. The third kappa shape index (κ3) is 10.5. The second-order valence-electron chi connectivity index (χ2n) is 16.5. The van der Waals surface area contributed by atoms with Gasteiger partial charge in [-0.05, 0) is 89.2 Å². The molecule has 0 radical (unpaired) electrons. The Morgan fingerprint density at radius 3 is 2.54 bits per heavy atom. The van der Waals surface area contributed by atoms with Gasteiger partial charge in [-0.2, -0.15) is 0 Å². The molecule has 4 aromatic carbocycles. The predicted molar refractivity (Wildman–Crippen MR) is 247 cm³/mol. The van der Waals surface area contributed by atoms with Crippen LogP contribution in [-0.2, 0) is 27.2 Å². The molecule has 0 unspecified atom stereocenters. The molecule has 0 spiro atoms. The van der Waals surface area contributed by atoms with E-state index in [0.29, 0.717) is 53.4 Å². The van der Waals surface area contributed by atoms with Crippen molar-refractivity contribution in [3.8, 4) is 17.6 Å². The van der Waals surface area contributed by atoms with Gasteiger partial charge in [0.2, 0.25) is 0 Å². The number of anilines is 2. The highest BCUT2D eigenvalue weighted by molar-refractivity contribution is 7.22. The lowest BCUT2D eigenvalue weighted by molar-refractivity contribution is 0.0358. The Labute approximate surface area is 366 Å². The van der Waals surface area contributed by atoms with Gasteiger partial charge in [-0.25, -0.2) is 14.8 Å². The Balaban J connectivity index is 0.994. The number of methoxy groups -OCH3 is 1. The molecule has 0 atom stereocenters. The topological polar surface area (TPSA) is 107 Å². The molecule has 0 bridgehead atoms. The normalized spacial score (nSPS) is 14.4. The fraction of sp³-hybridized carbons (Fsp3) is 0.362. The number of morpholine rings is 1. The molecule has 6 aromatic rings. The summed E-state index contributed by atoms with van der Waals surface area (Å²) in [6.45, 7) is 14.0. The number of rotatable bonds is 14. The smallest absolute Gasteiger partial charge is 0.358 e. The largest absolute Gasteiger partial charge is 0.494 e. The summed E-state index contributed by atoms with van der Waals surface area (Å²) in [4.78, 5) is 44.0. The maximum absolute atomic E-state index is 14.6. The van der Waals surface area contributed by atoms with Crippen molar-refractivity contribution in [2.45, 2.75) is 45.1 Å². The molecule has 8 rings (SSSR count).